The quantitative estimate of drug-likeness (QED) is 0.690. The van der Waals surface area contributed by atoms with E-state index in [1.165, 1.54) is 12.1 Å². The van der Waals surface area contributed by atoms with E-state index in [0.717, 1.165) is 0 Å². The van der Waals surface area contributed by atoms with E-state index in [9.17, 15) is 14.4 Å². The maximum absolute atomic E-state index is 12.4. The largest absolute Gasteiger partial charge is 0.478 e. The topological polar surface area (TPSA) is 110 Å². The molecular weight excluding hydrogens is 350 g/mol. The average molecular weight is 365 g/mol. The molecule has 1 aromatic carbocycles. The SMILES string of the molecule is Cc1cc2c(c(=O)[nH]1)[C@H](c1ccc(-c3ccc(C(=O)O)cc3)o1)CC(=O)O2. The minimum absolute atomic E-state index is 0.00401. The van der Waals surface area contributed by atoms with Crippen molar-refractivity contribution in [1.29, 1.82) is 0 Å². The van der Waals surface area contributed by atoms with Crippen LogP contribution in [0.5, 0.6) is 5.75 Å². The number of carbonyl (C=O) groups is 2. The summed E-state index contributed by atoms with van der Waals surface area (Å²) in [4.78, 5) is 38.1. The number of aromatic amines is 1. The lowest BCUT2D eigenvalue weighted by molar-refractivity contribution is -0.135. The molecule has 27 heavy (non-hydrogen) atoms. The third-order valence-electron chi connectivity index (χ3n) is 4.50. The molecule has 0 saturated carbocycles. The second kappa shape index (κ2) is 6.28. The number of carboxylic acid groups (broad SMARTS) is 1. The van der Waals surface area contributed by atoms with Crippen LogP contribution in [0.4, 0.5) is 0 Å². The summed E-state index contributed by atoms with van der Waals surface area (Å²) in [5.41, 5.74) is 1.53. The molecule has 0 amide bonds. The first-order chi connectivity index (χ1) is 12.9. The van der Waals surface area contributed by atoms with Gasteiger partial charge in [0.2, 0.25) is 0 Å². The number of esters is 1. The number of aromatic carboxylic acids is 1. The monoisotopic (exact) mass is 365 g/mol. The zero-order valence-electron chi connectivity index (χ0n) is 14.3. The van der Waals surface area contributed by atoms with Gasteiger partial charge in [-0.05, 0) is 31.2 Å². The van der Waals surface area contributed by atoms with Gasteiger partial charge in [0.1, 0.15) is 17.3 Å². The number of benzene rings is 1. The summed E-state index contributed by atoms with van der Waals surface area (Å²) >= 11 is 0. The van der Waals surface area contributed by atoms with Crippen LogP contribution in [0.3, 0.4) is 0 Å². The van der Waals surface area contributed by atoms with E-state index in [1.54, 1.807) is 37.3 Å². The van der Waals surface area contributed by atoms with Gasteiger partial charge in [0.15, 0.2) is 0 Å². The predicted octanol–water partition coefficient (Wildman–Crippen LogP) is 3.08. The van der Waals surface area contributed by atoms with Crippen molar-refractivity contribution in [2.75, 3.05) is 0 Å². The second-order valence-electron chi connectivity index (χ2n) is 6.37. The molecule has 3 heterocycles. The number of nitrogens with one attached hydrogen (secondary N) is 1. The molecule has 0 bridgehead atoms. The van der Waals surface area contributed by atoms with Crippen molar-refractivity contribution in [2.45, 2.75) is 19.3 Å². The summed E-state index contributed by atoms with van der Waals surface area (Å²) in [6, 6.07) is 11.3. The fraction of sp³-hybridized carbons (Fsp3) is 0.150. The zero-order chi connectivity index (χ0) is 19.1. The second-order valence-corrected chi connectivity index (χ2v) is 6.37. The first-order valence-electron chi connectivity index (χ1n) is 8.30. The molecule has 1 aliphatic rings. The third-order valence-corrected chi connectivity index (χ3v) is 4.50. The van der Waals surface area contributed by atoms with E-state index in [-0.39, 0.29) is 23.3 Å². The molecule has 0 radical (unpaired) electrons. The van der Waals surface area contributed by atoms with Crippen LogP contribution in [0, 0.1) is 6.92 Å². The Balaban J connectivity index is 1.73. The van der Waals surface area contributed by atoms with Crippen molar-refractivity contribution < 1.29 is 23.8 Å². The minimum atomic E-state index is -1.01. The van der Waals surface area contributed by atoms with E-state index in [4.69, 9.17) is 14.3 Å². The van der Waals surface area contributed by atoms with E-state index in [0.29, 0.717) is 28.3 Å². The summed E-state index contributed by atoms with van der Waals surface area (Å²) in [5, 5.41) is 8.98. The van der Waals surface area contributed by atoms with E-state index in [2.05, 4.69) is 4.98 Å². The highest BCUT2D eigenvalue weighted by Crippen LogP contribution is 2.38. The molecule has 0 unspecified atom stereocenters. The van der Waals surface area contributed by atoms with Crippen molar-refractivity contribution in [1.82, 2.24) is 4.98 Å². The maximum Gasteiger partial charge on any atom is 0.335 e. The molecule has 7 nitrogen and oxygen atoms in total. The fourth-order valence-electron chi connectivity index (χ4n) is 3.23. The van der Waals surface area contributed by atoms with Crippen LogP contribution in [-0.4, -0.2) is 22.0 Å². The highest BCUT2D eigenvalue weighted by Gasteiger charge is 2.33. The molecule has 136 valence electrons. The van der Waals surface area contributed by atoms with E-state index < -0.39 is 17.9 Å². The number of fused-ring (bicyclic) bond motifs is 1. The summed E-state index contributed by atoms with van der Waals surface area (Å²) in [5.74, 6) is -0.737. The highest BCUT2D eigenvalue weighted by atomic mass is 16.5. The van der Waals surface area contributed by atoms with Crippen molar-refractivity contribution in [3.8, 4) is 17.1 Å². The number of aromatic nitrogens is 1. The lowest BCUT2D eigenvalue weighted by atomic mass is 9.91. The molecule has 0 spiro atoms. The molecule has 1 atom stereocenters. The maximum atomic E-state index is 12.4. The lowest BCUT2D eigenvalue weighted by Gasteiger charge is -2.22. The minimum Gasteiger partial charge on any atom is -0.478 e. The molecular formula is C20H15NO6. The van der Waals surface area contributed by atoms with Crippen LogP contribution >= 0.6 is 0 Å². The number of H-pyrrole nitrogens is 1. The summed E-state index contributed by atoms with van der Waals surface area (Å²) in [6.45, 7) is 1.71. The van der Waals surface area contributed by atoms with E-state index in [1.807, 2.05) is 0 Å². The van der Waals surface area contributed by atoms with Gasteiger partial charge in [0.05, 0.1) is 23.5 Å². The number of ether oxygens (including phenoxy) is 1. The van der Waals surface area contributed by atoms with Crippen molar-refractivity contribution >= 4 is 11.9 Å². The molecule has 7 heteroatoms. The van der Waals surface area contributed by atoms with Crippen molar-refractivity contribution in [3.05, 3.63) is 75.4 Å². The van der Waals surface area contributed by atoms with Crippen molar-refractivity contribution in [3.63, 3.8) is 0 Å². The molecule has 4 rings (SSSR count). The Hall–Kier alpha value is -3.61. The number of rotatable bonds is 3. The Bertz CT molecular complexity index is 1110. The Morgan fingerprint density at radius 1 is 1.15 bits per heavy atom. The Morgan fingerprint density at radius 3 is 2.59 bits per heavy atom. The molecule has 3 aromatic rings. The summed E-state index contributed by atoms with van der Waals surface area (Å²) in [6.07, 6.45) is 0.00401. The molecule has 1 aliphatic heterocycles. The number of hydrogen-bond acceptors (Lipinski definition) is 5. The summed E-state index contributed by atoms with van der Waals surface area (Å²) < 4.78 is 11.1. The van der Waals surface area contributed by atoms with Gasteiger partial charge < -0.3 is 19.2 Å². The number of carbonyl (C=O) groups excluding carboxylic acids is 1. The van der Waals surface area contributed by atoms with Gasteiger partial charge in [-0.15, -0.1) is 0 Å². The molecule has 2 aromatic heterocycles. The number of aryl methyl sites for hydroxylation is 1. The van der Waals surface area contributed by atoms with Gasteiger partial charge in [-0.25, -0.2) is 4.79 Å². The van der Waals surface area contributed by atoms with Gasteiger partial charge in [-0.3, -0.25) is 9.59 Å². The van der Waals surface area contributed by atoms with Gasteiger partial charge in [0, 0.05) is 17.3 Å². The standard InChI is InChI=1S/C20H15NO6/c1-10-8-16-18(19(23)21-10)13(9-17(22)27-16)15-7-6-14(26-15)11-2-4-12(5-3-11)20(24)25/h2-8,13H,9H2,1H3,(H,21,23)(H,24,25)/t13-/m0/s1. The number of furan rings is 1. The van der Waals surface area contributed by atoms with Gasteiger partial charge >= 0.3 is 11.9 Å². The van der Waals surface area contributed by atoms with Crippen LogP contribution in [0.15, 0.2) is 51.7 Å². The van der Waals surface area contributed by atoms with E-state index >= 15 is 0 Å². The van der Waals surface area contributed by atoms with Gasteiger partial charge in [-0.2, -0.15) is 0 Å². The Labute approximate surface area is 153 Å². The van der Waals surface area contributed by atoms with Gasteiger partial charge in [-0.1, -0.05) is 12.1 Å². The molecule has 0 saturated heterocycles. The van der Waals surface area contributed by atoms with Crippen LogP contribution in [0.2, 0.25) is 0 Å². The first kappa shape index (κ1) is 16.8. The van der Waals surface area contributed by atoms with Crippen LogP contribution in [0.25, 0.3) is 11.3 Å². The van der Waals surface area contributed by atoms with Crippen LogP contribution in [0.1, 0.15) is 39.7 Å². The fourth-order valence-corrected chi connectivity index (χ4v) is 3.23. The zero-order valence-corrected chi connectivity index (χ0v) is 14.3. The molecule has 0 fully saturated rings. The predicted molar refractivity (Wildman–Crippen MR) is 95.0 cm³/mol. The Morgan fingerprint density at radius 2 is 1.89 bits per heavy atom. The lowest BCUT2D eigenvalue weighted by Crippen LogP contribution is -2.28. The van der Waals surface area contributed by atoms with Crippen LogP contribution < -0.4 is 10.3 Å². The molecule has 2 N–H and O–H groups in total. The van der Waals surface area contributed by atoms with Crippen LogP contribution in [-0.2, 0) is 4.79 Å². The normalized spacial score (nSPS) is 15.9. The first-order valence-corrected chi connectivity index (χ1v) is 8.30. The third kappa shape index (κ3) is 3.03. The summed E-state index contributed by atoms with van der Waals surface area (Å²) in [7, 11) is 0. The molecule has 0 aliphatic carbocycles. The number of carboxylic acids is 1. The van der Waals surface area contributed by atoms with Gasteiger partial charge in [0.25, 0.3) is 5.56 Å². The van der Waals surface area contributed by atoms with Crippen molar-refractivity contribution in [2.24, 2.45) is 0 Å². The smallest absolute Gasteiger partial charge is 0.335 e. The number of pyridine rings is 1. The highest BCUT2D eigenvalue weighted by molar-refractivity contribution is 5.88. The Kier molecular flexibility index (Phi) is 3.92. The number of hydrogen-bond donors (Lipinski definition) is 2. The average Bonchev–Trinajstić information content (AvgIpc) is 3.10.